The fourth-order valence-electron chi connectivity index (χ4n) is 12.0. The van der Waals surface area contributed by atoms with E-state index in [-0.39, 0.29) is 37.3 Å². The van der Waals surface area contributed by atoms with E-state index in [9.17, 15) is 0 Å². The van der Waals surface area contributed by atoms with Crippen LogP contribution in [0.5, 0.6) is 11.5 Å². The third-order valence-electron chi connectivity index (χ3n) is 16.6. The van der Waals surface area contributed by atoms with Crippen molar-refractivity contribution in [1.82, 2.24) is 9.55 Å². The van der Waals surface area contributed by atoms with Crippen LogP contribution in [0.4, 0.5) is 22.7 Å². The Kier molecular flexibility index (Phi) is 13.8. The number of hydrogen-bond donors (Lipinski definition) is 0. The van der Waals surface area contributed by atoms with Crippen LogP contribution in [-0.4, -0.2) is 9.55 Å². The fraction of sp³-hybridized carbons (Fsp3) is 0.154. The van der Waals surface area contributed by atoms with E-state index in [4.69, 9.17) is 14.1 Å². The second-order valence-corrected chi connectivity index (χ2v) is 25.4. The van der Waals surface area contributed by atoms with Gasteiger partial charge in [0, 0.05) is 83.2 Å². The maximum absolute atomic E-state index is 6.89. The Labute approximate surface area is 513 Å². The summed E-state index contributed by atoms with van der Waals surface area (Å²) in [6.45, 7) is 22.7. The van der Waals surface area contributed by atoms with Gasteiger partial charge < -0.3 is 23.5 Å². The zero-order valence-corrected chi connectivity index (χ0v) is 51.6. The quantitative estimate of drug-likeness (QED) is 0.135. The molecule has 7 heteroatoms. The number of para-hydroxylation sites is 4. The van der Waals surface area contributed by atoms with Crippen LogP contribution in [0.2, 0.25) is 0 Å². The van der Waals surface area contributed by atoms with Crippen LogP contribution in [0.25, 0.3) is 94.1 Å². The van der Waals surface area contributed by atoms with Gasteiger partial charge >= 0.3 is 0 Å². The summed E-state index contributed by atoms with van der Waals surface area (Å²) in [4.78, 5) is 9.62. The van der Waals surface area contributed by atoms with E-state index in [0.29, 0.717) is 11.5 Å². The third kappa shape index (κ3) is 10.1. The summed E-state index contributed by atoms with van der Waals surface area (Å²) in [7, 11) is 0. The number of hydrogen-bond acceptors (Lipinski definition) is 5. The number of aromatic nitrogens is 2. The Morgan fingerprint density at radius 1 is 0.447 bits per heavy atom. The van der Waals surface area contributed by atoms with E-state index in [2.05, 4.69) is 284 Å². The van der Waals surface area contributed by atoms with E-state index < -0.39 is 0 Å². The summed E-state index contributed by atoms with van der Waals surface area (Å²) < 4.78 is 15.8. The van der Waals surface area contributed by atoms with Gasteiger partial charge in [0.25, 0.3) is 0 Å². The normalized spacial score (nSPS) is 12.8. The Bertz CT molecular complexity index is 4570. The van der Waals surface area contributed by atoms with Gasteiger partial charge in [-0.3, -0.25) is 0 Å². The molecule has 0 amide bonds. The first-order chi connectivity index (χ1) is 40.5. The van der Waals surface area contributed by atoms with Gasteiger partial charge in [0.2, 0.25) is 0 Å². The van der Waals surface area contributed by atoms with Crippen molar-refractivity contribution in [1.29, 1.82) is 0 Å². The van der Waals surface area contributed by atoms with Crippen molar-refractivity contribution in [3.63, 3.8) is 0 Å². The second kappa shape index (κ2) is 21.3. The van der Waals surface area contributed by atoms with Crippen LogP contribution in [0.3, 0.4) is 0 Å². The van der Waals surface area contributed by atoms with Crippen molar-refractivity contribution >= 4 is 66.5 Å². The Hall–Kier alpha value is -8.96. The van der Waals surface area contributed by atoms with Crippen molar-refractivity contribution in [2.45, 2.75) is 78.6 Å². The Balaban J connectivity index is 0.00000672. The molecule has 3 aromatic heterocycles. The first kappa shape index (κ1) is 55.2. The van der Waals surface area contributed by atoms with Gasteiger partial charge in [0.05, 0.1) is 0 Å². The van der Waals surface area contributed by atoms with E-state index in [1.54, 1.807) is 0 Å². The molecule has 0 spiro atoms. The summed E-state index contributed by atoms with van der Waals surface area (Å²) in [5.74, 6) is 1.91. The minimum absolute atomic E-state index is 0. The van der Waals surface area contributed by atoms with E-state index in [1.807, 2.05) is 36.5 Å². The molecule has 13 aromatic rings. The van der Waals surface area contributed by atoms with Crippen molar-refractivity contribution < 1.29 is 30.2 Å². The number of pyridine rings is 1. The first-order valence-corrected chi connectivity index (χ1v) is 29.1. The molecule has 1 aliphatic heterocycles. The summed E-state index contributed by atoms with van der Waals surface area (Å²) in [6, 6.07) is 85.8. The van der Waals surface area contributed by atoms with Gasteiger partial charge in [-0.15, -0.1) is 42.7 Å². The van der Waals surface area contributed by atoms with Gasteiger partial charge in [-0.2, -0.15) is 12.1 Å². The molecule has 85 heavy (non-hydrogen) atoms. The number of rotatable bonds is 9. The average Bonchev–Trinajstić information content (AvgIpc) is 2.48. The molecule has 422 valence electrons. The van der Waals surface area contributed by atoms with Crippen molar-refractivity contribution in [3.8, 4) is 61.8 Å². The number of nitrogens with zero attached hydrogens (tertiary/aromatic N) is 4. The molecule has 0 aliphatic carbocycles. The molecule has 0 fully saturated rings. The van der Waals surface area contributed by atoms with Crippen LogP contribution < -0.4 is 14.5 Å². The standard InChI is InChI=1S/C78H65N4O2.Pt/c1-76(2,3)56-38-39-79-72(46-56)82-69-37-36-65-64-28-16-19-33-71(64)84-75(65)73(69)66-35-34-61(48-70(66)82)83-60-27-20-26-59(47-60)80-49-81(68-32-18-17-31-67(68)80)74-62(54-40-52(50-22-12-10-13-23-50)42-57(44-54)77(4,5)6)29-21-30-63(74)55-41-53(51-24-14-11-15-25-51)43-58(45-55)78(7,8)9;/h10-46,49H,1-9H3;/q-3;. The smallest absolute Gasteiger partial charge is 0.135 e. The number of fused-ring (bicyclic) bond motifs is 8. The summed E-state index contributed by atoms with van der Waals surface area (Å²) in [6.07, 6.45) is 1.90. The average molecular weight is 1290 g/mol. The molecule has 0 saturated carbocycles. The van der Waals surface area contributed by atoms with Crippen molar-refractivity contribution in [2.24, 2.45) is 0 Å². The van der Waals surface area contributed by atoms with Crippen molar-refractivity contribution in [2.75, 3.05) is 9.80 Å². The monoisotopic (exact) mass is 1280 g/mol. The molecule has 0 radical (unpaired) electrons. The second-order valence-electron chi connectivity index (χ2n) is 25.4. The molecule has 10 aromatic carbocycles. The molecule has 0 unspecified atom stereocenters. The van der Waals surface area contributed by atoms with Gasteiger partial charge in [-0.05, 0) is 126 Å². The summed E-state index contributed by atoms with van der Waals surface area (Å²) in [5.41, 5.74) is 20.1. The number of benzene rings is 10. The van der Waals surface area contributed by atoms with E-state index >= 15 is 0 Å². The Morgan fingerprint density at radius 2 is 1.00 bits per heavy atom. The summed E-state index contributed by atoms with van der Waals surface area (Å²) >= 11 is 0. The fourth-order valence-corrected chi connectivity index (χ4v) is 12.0. The first-order valence-electron chi connectivity index (χ1n) is 29.1. The van der Waals surface area contributed by atoms with Crippen LogP contribution in [0.15, 0.2) is 229 Å². The van der Waals surface area contributed by atoms with Gasteiger partial charge in [0.15, 0.2) is 0 Å². The van der Waals surface area contributed by atoms with E-state index in [1.165, 1.54) is 38.9 Å². The minimum Gasteiger partial charge on any atom is -0.509 e. The van der Waals surface area contributed by atoms with Crippen LogP contribution in [-0.2, 0) is 37.3 Å². The molecule has 0 N–H and O–H groups in total. The zero-order valence-electron chi connectivity index (χ0n) is 49.4. The maximum atomic E-state index is 6.89. The summed E-state index contributed by atoms with van der Waals surface area (Å²) in [5, 5.41) is 4.15. The van der Waals surface area contributed by atoms with Gasteiger partial charge in [0.1, 0.15) is 17.0 Å². The van der Waals surface area contributed by atoms with Crippen LogP contribution >= 0.6 is 0 Å². The molecule has 6 nitrogen and oxygen atoms in total. The predicted molar refractivity (Wildman–Crippen MR) is 349 cm³/mol. The zero-order chi connectivity index (χ0) is 57.6. The predicted octanol–water partition coefficient (Wildman–Crippen LogP) is 21.4. The van der Waals surface area contributed by atoms with Gasteiger partial charge in [-0.25, -0.2) is 4.98 Å². The molecule has 0 saturated heterocycles. The molecule has 1 aliphatic rings. The number of ether oxygens (including phenoxy) is 1. The Morgan fingerprint density at radius 3 is 1.64 bits per heavy atom. The van der Waals surface area contributed by atoms with Gasteiger partial charge in [-0.1, -0.05) is 207 Å². The molecule has 14 rings (SSSR count). The van der Waals surface area contributed by atoms with Crippen molar-refractivity contribution in [3.05, 3.63) is 260 Å². The third-order valence-corrected chi connectivity index (χ3v) is 16.6. The maximum Gasteiger partial charge on any atom is 0.135 e. The van der Waals surface area contributed by atoms with Crippen LogP contribution in [0.1, 0.15) is 79.0 Å². The molecular formula is C78H65N4O2Pt-3. The largest absolute Gasteiger partial charge is 0.509 e. The number of anilines is 4. The SMILES string of the molecule is CC(C)(C)c1cc(-c2ccccc2)cc(-c2cccc(-c3cc(-c4ccccc4)cc(C(C)(C)C)c3)c2N2[CH-]N(c3[c-]c(Oc4[c-]c5c(cc4)c4c6oc7ccccc7c6ccc4n5-c4cc(C(C)(C)C)ccn4)ccc3)c3ccccc32)c1.[Pt]. The topological polar surface area (TPSA) is 46.7 Å². The molecular weight excluding hydrogens is 1220 g/mol. The van der Waals surface area contributed by atoms with E-state index in [0.717, 1.165) is 94.6 Å². The molecule has 0 bridgehead atoms. The molecule has 0 atom stereocenters. The molecule has 4 heterocycles. The minimum atomic E-state index is -0.117. The van der Waals surface area contributed by atoms with Crippen LogP contribution in [0, 0.1) is 18.8 Å². The number of furan rings is 1.